The predicted octanol–water partition coefficient (Wildman–Crippen LogP) is 5.01. The lowest BCUT2D eigenvalue weighted by molar-refractivity contribution is -0.138. The Morgan fingerprint density at radius 3 is 2.09 bits per heavy atom. The summed E-state index contributed by atoms with van der Waals surface area (Å²) in [6.07, 6.45) is -4.42. The molecule has 1 saturated heterocycles. The highest BCUT2D eigenvalue weighted by Gasteiger charge is 2.58. The number of likely N-dealkylation sites (tertiary alicyclic amines) is 1. The first-order chi connectivity index (χ1) is 14.7. The molecule has 1 unspecified atom stereocenters. The third-order valence-electron chi connectivity index (χ3n) is 5.68. The highest BCUT2D eigenvalue weighted by Crippen LogP contribution is 2.51. The lowest BCUT2D eigenvalue weighted by atomic mass is 9.61. The molecule has 1 aliphatic heterocycles. The van der Waals surface area contributed by atoms with Gasteiger partial charge in [0.15, 0.2) is 0 Å². The molecule has 0 radical (unpaired) electrons. The van der Waals surface area contributed by atoms with Crippen LogP contribution >= 0.6 is 0 Å². The fraction of sp³-hybridized carbons (Fsp3) is 0.417. The number of ether oxygens (including phenoxy) is 1. The van der Waals surface area contributed by atoms with Crippen molar-refractivity contribution in [2.24, 2.45) is 5.41 Å². The molecule has 32 heavy (non-hydrogen) atoms. The van der Waals surface area contributed by atoms with Crippen LogP contribution in [0.5, 0.6) is 0 Å². The number of hydrogen-bond donors (Lipinski definition) is 1. The van der Waals surface area contributed by atoms with E-state index in [0.717, 1.165) is 12.1 Å². The van der Waals surface area contributed by atoms with Gasteiger partial charge >= 0.3 is 12.3 Å². The Morgan fingerprint density at radius 1 is 1.03 bits per heavy atom. The number of hydrogen-bond acceptors (Lipinski definition) is 4. The topological polar surface area (TPSA) is 66.8 Å². The lowest BCUT2D eigenvalue weighted by Crippen LogP contribution is -2.66. The van der Waals surface area contributed by atoms with Crippen LogP contribution in [0.2, 0.25) is 0 Å². The number of carbonyl (C=O) groups excluding carboxylic acids is 2. The maximum atomic E-state index is 13.1. The molecule has 0 aliphatic carbocycles. The van der Waals surface area contributed by atoms with Crippen molar-refractivity contribution in [3.05, 3.63) is 70.8 Å². The van der Waals surface area contributed by atoms with Crippen molar-refractivity contribution in [3.8, 4) is 0 Å². The van der Waals surface area contributed by atoms with Gasteiger partial charge in [-0.3, -0.25) is 4.79 Å². The van der Waals surface area contributed by atoms with Gasteiger partial charge in [-0.05, 0) is 50.1 Å². The van der Waals surface area contributed by atoms with Gasteiger partial charge in [-0.25, -0.2) is 4.79 Å². The first-order valence-electron chi connectivity index (χ1n) is 10.1. The average Bonchev–Trinajstić information content (AvgIpc) is 2.69. The van der Waals surface area contributed by atoms with Gasteiger partial charge in [0.05, 0.1) is 5.56 Å². The van der Waals surface area contributed by atoms with Crippen molar-refractivity contribution in [1.29, 1.82) is 0 Å². The molecule has 1 heterocycles. The quantitative estimate of drug-likeness (QED) is 0.667. The summed E-state index contributed by atoms with van der Waals surface area (Å²) < 4.78 is 44.6. The van der Waals surface area contributed by atoms with E-state index < -0.39 is 34.5 Å². The minimum atomic E-state index is -4.51. The Kier molecular flexibility index (Phi) is 5.89. The lowest BCUT2D eigenvalue weighted by Gasteiger charge is -2.56. The van der Waals surface area contributed by atoms with E-state index in [1.54, 1.807) is 45.9 Å². The van der Waals surface area contributed by atoms with Crippen LogP contribution in [0.25, 0.3) is 0 Å². The number of halogens is 3. The van der Waals surface area contributed by atoms with E-state index in [1.165, 1.54) is 23.1 Å². The van der Waals surface area contributed by atoms with E-state index in [9.17, 15) is 27.9 Å². The molecule has 172 valence electrons. The molecule has 0 spiro atoms. The smallest absolute Gasteiger partial charge is 0.416 e. The number of benzene rings is 2. The van der Waals surface area contributed by atoms with Crippen molar-refractivity contribution in [2.75, 3.05) is 13.1 Å². The molecule has 0 saturated carbocycles. The molecule has 0 aromatic heterocycles. The summed E-state index contributed by atoms with van der Waals surface area (Å²) in [5.74, 6) is 0. The minimum Gasteiger partial charge on any atom is -0.444 e. The zero-order valence-corrected chi connectivity index (χ0v) is 18.4. The second kappa shape index (κ2) is 7.92. The van der Waals surface area contributed by atoms with Crippen LogP contribution in [0, 0.1) is 5.41 Å². The molecule has 1 aliphatic rings. The summed E-state index contributed by atoms with van der Waals surface area (Å²) in [6.45, 7) is 7.21. The van der Waals surface area contributed by atoms with Gasteiger partial charge in [-0.15, -0.1) is 0 Å². The molecule has 1 fully saturated rings. The Bertz CT molecular complexity index is 1010. The molecule has 2 aromatic rings. The fourth-order valence-corrected chi connectivity index (χ4v) is 4.08. The molecule has 3 rings (SSSR count). The average molecular weight is 449 g/mol. The van der Waals surface area contributed by atoms with Crippen LogP contribution in [0.3, 0.4) is 0 Å². The van der Waals surface area contributed by atoms with Gasteiger partial charge in [-0.2, -0.15) is 13.2 Å². The minimum absolute atomic E-state index is 0.116. The second-order valence-corrected chi connectivity index (χ2v) is 9.43. The Hall–Kier alpha value is -2.87. The molecular formula is C24H26F3NO4. The SMILES string of the molecule is CC(C)(C)OC(=O)N1CC(C)(C(O)(c2ccc(C(F)(F)F)cc2)c2cccc(C=O)c2)C1. The van der Waals surface area contributed by atoms with Crippen molar-refractivity contribution in [1.82, 2.24) is 4.90 Å². The van der Waals surface area contributed by atoms with E-state index >= 15 is 0 Å². The fourth-order valence-electron chi connectivity index (χ4n) is 4.08. The molecule has 1 N–H and O–H groups in total. The summed E-state index contributed by atoms with van der Waals surface area (Å²) in [4.78, 5) is 25.2. The number of aldehydes is 1. The maximum Gasteiger partial charge on any atom is 0.416 e. The van der Waals surface area contributed by atoms with Crippen LogP contribution in [0.1, 0.15) is 54.7 Å². The van der Waals surface area contributed by atoms with Crippen molar-refractivity contribution >= 4 is 12.4 Å². The number of alkyl halides is 3. The first-order valence-corrected chi connectivity index (χ1v) is 10.1. The Labute approximate surface area is 184 Å². The largest absolute Gasteiger partial charge is 0.444 e. The van der Waals surface area contributed by atoms with E-state index in [1.807, 2.05) is 0 Å². The van der Waals surface area contributed by atoms with Crippen LogP contribution in [0.15, 0.2) is 48.5 Å². The van der Waals surface area contributed by atoms with Crippen LogP contribution in [-0.4, -0.2) is 41.1 Å². The normalized spacial score (nSPS) is 17.8. The van der Waals surface area contributed by atoms with Crippen molar-refractivity contribution < 1.29 is 32.6 Å². The summed E-state index contributed by atoms with van der Waals surface area (Å²) in [6, 6.07) is 10.6. The molecule has 2 aromatic carbocycles. The van der Waals surface area contributed by atoms with E-state index in [-0.39, 0.29) is 18.7 Å². The Balaban J connectivity index is 2.02. The zero-order chi connectivity index (χ0) is 23.9. The highest BCUT2D eigenvalue weighted by molar-refractivity contribution is 5.75. The predicted molar refractivity (Wildman–Crippen MR) is 112 cm³/mol. The maximum absolute atomic E-state index is 13.1. The monoisotopic (exact) mass is 449 g/mol. The van der Waals surface area contributed by atoms with Crippen molar-refractivity contribution in [3.63, 3.8) is 0 Å². The summed E-state index contributed by atoms with van der Waals surface area (Å²) in [7, 11) is 0. The van der Waals surface area contributed by atoms with Crippen LogP contribution < -0.4 is 0 Å². The van der Waals surface area contributed by atoms with Gasteiger partial charge in [-0.1, -0.05) is 37.3 Å². The van der Waals surface area contributed by atoms with E-state index in [2.05, 4.69) is 0 Å². The summed E-state index contributed by atoms with van der Waals surface area (Å²) in [5.41, 5.74) is -3.31. The number of amides is 1. The first kappa shape index (κ1) is 23.8. The van der Waals surface area contributed by atoms with Crippen molar-refractivity contribution in [2.45, 2.75) is 45.1 Å². The zero-order valence-electron chi connectivity index (χ0n) is 18.4. The van der Waals surface area contributed by atoms with Crippen LogP contribution in [0.4, 0.5) is 18.0 Å². The van der Waals surface area contributed by atoms with Gasteiger partial charge in [0, 0.05) is 24.1 Å². The van der Waals surface area contributed by atoms with Gasteiger partial charge in [0.2, 0.25) is 0 Å². The van der Waals surface area contributed by atoms with E-state index in [4.69, 9.17) is 4.74 Å². The van der Waals surface area contributed by atoms with Gasteiger partial charge in [0.25, 0.3) is 0 Å². The molecule has 0 bridgehead atoms. The van der Waals surface area contributed by atoms with Gasteiger partial charge < -0.3 is 14.7 Å². The summed E-state index contributed by atoms with van der Waals surface area (Å²) in [5, 5.41) is 12.0. The number of aliphatic hydroxyl groups is 1. The van der Waals surface area contributed by atoms with Crippen LogP contribution in [-0.2, 0) is 16.5 Å². The third-order valence-corrected chi connectivity index (χ3v) is 5.68. The third kappa shape index (κ3) is 4.37. The molecule has 5 nitrogen and oxygen atoms in total. The standard InChI is InChI=1S/C24H26F3NO4/c1-21(2,3)32-20(30)28-14-22(4,15-28)23(31,19-7-5-6-16(12-19)13-29)17-8-10-18(11-9-17)24(25,26)27/h5-13,31H,14-15H2,1-4H3. The molecule has 8 heteroatoms. The summed E-state index contributed by atoms with van der Waals surface area (Å²) >= 11 is 0. The molecule has 1 amide bonds. The molecule has 1 atom stereocenters. The Morgan fingerprint density at radius 2 is 1.59 bits per heavy atom. The number of carbonyl (C=O) groups is 2. The van der Waals surface area contributed by atoms with E-state index in [0.29, 0.717) is 17.4 Å². The van der Waals surface area contributed by atoms with Gasteiger partial charge in [0.1, 0.15) is 17.5 Å². The second-order valence-electron chi connectivity index (χ2n) is 9.43. The molecular weight excluding hydrogens is 423 g/mol. The number of nitrogens with zero attached hydrogens (tertiary/aromatic N) is 1. The number of rotatable bonds is 4. The highest BCUT2D eigenvalue weighted by atomic mass is 19.4.